The molecule has 15 heavy (non-hydrogen) atoms. The van der Waals surface area contributed by atoms with Gasteiger partial charge in [-0.2, -0.15) is 0 Å². The first-order valence-electron chi connectivity index (χ1n) is 4.70. The lowest BCUT2D eigenvalue weighted by Gasteiger charge is -2.14. The molecule has 0 amide bonds. The molecule has 2 N–H and O–H groups in total. The molecule has 0 heterocycles. The van der Waals surface area contributed by atoms with Crippen LogP contribution < -0.4 is 0 Å². The highest BCUT2D eigenvalue weighted by Gasteiger charge is 2.53. The predicted molar refractivity (Wildman–Crippen MR) is 59.1 cm³/mol. The summed E-state index contributed by atoms with van der Waals surface area (Å²) in [5, 5.41) is 19.0. The van der Waals surface area contributed by atoms with Crippen LogP contribution in [0.4, 0.5) is 0 Å². The molecular formula is C11H11BrO3. The molecule has 1 aromatic carbocycles. The van der Waals surface area contributed by atoms with Crippen molar-refractivity contribution >= 4 is 21.9 Å². The third-order valence-corrected chi connectivity index (χ3v) is 3.40. The molecule has 1 aliphatic rings. The molecule has 1 fully saturated rings. The Balaban J connectivity index is 2.58. The zero-order valence-corrected chi connectivity index (χ0v) is 9.84. The van der Waals surface area contributed by atoms with Crippen molar-refractivity contribution < 1.29 is 15.0 Å². The van der Waals surface area contributed by atoms with Gasteiger partial charge in [-0.1, -0.05) is 15.9 Å². The molecule has 2 rings (SSSR count). The first kappa shape index (κ1) is 10.5. The van der Waals surface area contributed by atoms with Crippen LogP contribution in [0.15, 0.2) is 16.6 Å². The van der Waals surface area contributed by atoms with Crippen molar-refractivity contribution in [3.8, 4) is 5.75 Å². The molecule has 3 nitrogen and oxygen atoms in total. The highest BCUT2D eigenvalue weighted by Crippen LogP contribution is 2.52. The monoisotopic (exact) mass is 270 g/mol. The molecule has 1 aliphatic carbocycles. The molecule has 0 spiro atoms. The van der Waals surface area contributed by atoms with Crippen LogP contribution in [0.25, 0.3) is 0 Å². The summed E-state index contributed by atoms with van der Waals surface area (Å²) >= 11 is 3.31. The topological polar surface area (TPSA) is 57.5 Å². The molecule has 0 atom stereocenters. The molecule has 1 saturated carbocycles. The lowest BCUT2D eigenvalue weighted by molar-refractivity contribution is -0.140. The summed E-state index contributed by atoms with van der Waals surface area (Å²) in [5.41, 5.74) is 0.382. The number of halogens is 1. The zero-order valence-electron chi connectivity index (χ0n) is 8.25. The number of hydrogen-bond acceptors (Lipinski definition) is 2. The van der Waals surface area contributed by atoms with E-state index in [1.165, 1.54) is 0 Å². The average Bonchev–Trinajstić information content (AvgIpc) is 2.91. The van der Waals surface area contributed by atoms with Crippen molar-refractivity contribution in [3.63, 3.8) is 0 Å². The van der Waals surface area contributed by atoms with E-state index < -0.39 is 11.4 Å². The second-order valence-electron chi connectivity index (χ2n) is 4.01. The van der Waals surface area contributed by atoms with E-state index in [4.69, 9.17) is 5.11 Å². The van der Waals surface area contributed by atoms with E-state index in [1.54, 1.807) is 19.1 Å². The second kappa shape index (κ2) is 3.23. The lowest BCUT2D eigenvalue weighted by Crippen LogP contribution is -2.19. The van der Waals surface area contributed by atoms with Crippen LogP contribution in [-0.2, 0) is 10.2 Å². The van der Waals surface area contributed by atoms with Gasteiger partial charge >= 0.3 is 5.97 Å². The van der Waals surface area contributed by atoms with Crippen LogP contribution in [0.1, 0.15) is 24.0 Å². The Kier molecular flexibility index (Phi) is 2.26. The summed E-state index contributed by atoms with van der Waals surface area (Å²) in [7, 11) is 0. The Morgan fingerprint density at radius 3 is 2.53 bits per heavy atom. The van der Waals surface area contributed by atoms with Crippen molar-refractivity contribution in [1.82, 2.24) is 0 Å². The number of aryl methyl sites for hydroxylation is 1. The number of hydrogen-bond donors (Lipinski definition) is 2. The van der Waals surface area contributed by atoms with Gasteiger partial charge in [0, 0.05) is 10.0 Å². The molecule has 0 saturated heterocycles. The summed E-state index contributed by atoms with van der Waals surface area (Å²) in [5.74, 6) is -0.742. The molecule has 4 heteroatoms. The fourth-order valence-electron chi connectivity index (χ4n) is 1.82. The maximum Gasteiger partial charge on any atom is 0.314 e. The predicted octanol–water partition coefficient (Wildman–Crippen LogP) is 2.58. The number of carbonyl (C=O) groups is 1. The van der Waals surface area contributed by atoms with E-state index in [0.717, 1.165) is 4.47 Å². The summed E-state index contributed by atoms with van der Waals surface area (Å²) in [6.45, 7) is 1.77. The fraction of sp³-hybridized carbons (Fsp3) is 0.364. The van der Waals surface area contributed by atoms with Crippen LogP contribution in [0.5, 0.6) is 5.75 Å². The number of benzene rings is 1. The highest BCUT2D eigenvalue weighted by atomic mass is 79.9. The minimum Gasteiger partial charge on any atom is -0.507 e. The quantitative estimate of drug-likeness (QED) is 0.869. The smallest absolute Gasteiger partial charge is 0.314 e. The van der Waals surface area contributed by atoms with E-state index in [2.05, 4.69) is 15.9 Å². The molecule has 0 unspecified atom stereocenters. The summed E-state index contributed by atoms with van der Waals surface area (Å²) in [6.07, 6.45) is 1.21. The molecule has 1 aromatic rings. The summed E-state index contributed by atoms with van der Waals surface area (Å²) < 4.78 is 0.806. The van der Waals surface area contributed by atoms with E-state index >= 15 is 0 Å². The maximum atomic E-state index is 11.1. The summed E-state index contributed by atoms with van der Waals surface area (Å²) in [4.78, 5) is 11.1. The molecule has 0 bridgehead atoms. The highest BCUT2D eigenvalue weighted by molar-refractivity contribution is 9.10. The van der Waals surface area contributed by atoms with E-state index in [1.807, 2.05) is 0 Å². The van der Waals surface area contributed by atoms with Gasteiger partial charge in [0.1, 0.15) is 5.75 Å². The van der Waals surface area contributed by atoms with Crippen LogP contribution >= 0.6 is 15.9 Å². The average molecular weight is 271 g/mol. The Labute approximate surface area is 95.9 Å². The van der Waals surface area contributed by atoms with Gasteiger partial charge in [0.15, 0.2) is 0 Å². The SMILES string of the molecule is Cc1cc(Br)cc(C2(C(=O)O)CC2)c1O. The third-order valence-electron chi connectivity index (χ3n) is 2.94. The molecule has 0 aliphatic heterocycles. The van der Waals surface area contributed by atoms with Crippen molar-refractivity contribution in [1.29, 1.82) is 0 Å². The van der Waals surface area contributed by atoms with Gasteiger partial charge in [0.2, 0.25) is 0 Å². The number of phenolic OH excluding ortho intramolecular Hbond substituents is 1. The first-order chi connectivity index (χ1) is 6.97. The zero-order chi connectivity index (χ0) is 11.2. The standard InChI is InChI=1S/C11H11BrO3/c1-6-4-7(12)5-8(9(6)13)11(2-3-11)10(14)15/h4-5,13H,2-3H2,1H3,(H,14,15). The van der Waals surface area contributed by atoms with Gasteiger partial charge < -0.3 is 10.2 Å². The third kappa shape index (κ3) is 1.53. The number of aliphatic carboxylic acids is 1. The number of rotatable bonds is 2. The van der Waals surface area contributed by atoms with Crippen molar-refractivity contribution in [2.24, 2.45) is 0 Å². The molecule has 80 valence electrons. The molecule has 0 radical (unpaired) electrons. The molecule has 0 aromatic heterocycles. The normalized spacial score (nSPS) is 17.5. The van der Waals surface area contributed by atoms with Gasteiger partial charge in [0.25, 0.3) is 0 Å². The first-order valence-corrected chi connectivity index (χ1v) is 5.50. The van der Waals surface area contributed by atoms with Gasteiger partial charge in [0.05, 0.1) is 5.41 Å². The van der Waals surface area contributed by atoms with Crippen molar-refractivity contribution in [2.45, 2.75) is 25.2 Å². The largest absolute Gasteiger partial charge is 0.507 e. The minimum atomic E-state index is -0.852. The van der Waals surface area contributed by atoms with Crippen LogP contribution in [0, 0.1) is 6.92 Å². The fourth-order valence-corrected chi connectivity index (χ4v) is 2.40. The van der Waals surface area contributed by atoms with Gasteiger partial charge in [-0.3, -0.25) is 4.79 Å². The van der Waals surface area contributed by atoms with E-state index in [-0.39, 0.29) is 5.75 Å². The van der Waals surface area contributed by atoms with Crippen LogP contribution in [0.3, 0.4) is 0 Å². The second-order valence-corrected chi connectivity index (χ2v) is 4.92. The van der Waals surface area contributed by atoms with Gasteiger partial charge in [-0.05, 0) is 37.5 Å². The lowest BCUT2D eigenvalue weighted by atomic mass is 9.93. The van der Waals surface area contributed by atoms with E-state index in [9.17, 15) is 9.90 Å². The molecular weight excluding hydrogens is 260 g/mol. The Morgan fingerprint density at radius 2 is 2.07 bits per heavy atom. The Bertz CT molecular complexity index is 436. The summed E-state index contributed by atoms with van der Waals surface area (Å²) in [6, 6.07) is 3.47. The Morgan fingerprint density at radius 1 is 1.47 bits per heavy atom. The van der Waals surface area contributed by atoms with E-state index in [0.29, 0.717) is 24.0 Å². The van der Waals surface area contributed by atoms with Crippen molar-refractivity contribution in [3.05, 3.63) is 27.7 Å². The van der Waals surface area contributed by atoms with Crippen LogP contribution in [0.2, 0.25) is 0 Å². The number of carboxylic acids is 1. The van der Waals surface area contributed by atoms with Gasteiger partial charge in [-0.15, -0.1) is 0 Å². The number of carboxylic acid groups (broad SMARTS) is 1. The maximum absolute atomic E-state index is 11.1. The minimum absolute atomic E-state index is 0.109. The van der Waals surface area contributed by atoms with Crippen LogP contribution in [-0.4, -0.2) is 16.2 Å². The van der Waals surface area contributed by atoms with Crippen molar-refractivity contribution in [2.75, 3.05) is 0 Å². The van der Waals surface area contributed by atoms with Gasteiger partial charge in [-0.25, -0.2) is 0 Å². The number of phenols is 1. The Hall–Kier alpha value is -1.03. The number of aromatic hydroxyl groups is 1.